The first-order valence-electron chi connectivity index (χ1n) is 7.17. The number of amides is 1. The third-order valence-corrected chi connectivity index (χ3v) is 3.38. The summed E-state index contributed by atoms with van der Waals surface area (Å²) >= 11 is 0. The van der Waals surface area contributed by atoms with Gasteiger partial charge in [0.25, 0.3) is 0 Å². The average molecular weight is 274 g/mol. The lowest BCUT2D eigenvalue weighted by Gasteiger charge is -2.22. The van der Waals surface area contributed by atoms with Crippen molar-refractivity contribution in [2.45, 2.75) is 31.8 Å². The van der Waals surface area contributed by atoms with Gasteiger partial charge in [0.2, 0.25) is 5.91 Å². The third-order valence-electron chi connectivity index (χ3n) is 3.38. The molecule has 1 unspecified atom stereocenters. The van der Waals surface area contributed by atoms with E-state index in [4.69, 9.17) is 10.5 Å². The summed E-state index contributed by atoms with van der Waals surface area (Å²) in [5.41, 5.74) is 7.30. The van der Waals surface area contributed by atoms with Gasteiger partial charge in [-0.3, -0.25) is 4.79 Å². The summed E-state index contributed by atoms with van der Waals surface area (Å²) in [5.74, 6) is -0.0803. The van der Waals surface area contributed by atoms with Gasteiger partial charge >= 0.3 is 0 Å². The lowest BCUT2D eigenvalue weighted by molar-refractivity contribution is -0.116. The summed E-state index contributed by atoms with van der Waals surface area (Å²) in [6.07, 6.45) is 7.99. The van der Waals surface area contributed by atoms with Gasteiger partial charge in [-0.2, -0.15) is 0 Å². The number of nitrogens with one attached hydrogen (secondary N) is 1. The van der Waals surface area contributed by atoms with Crippen LogP contribution in [0.1, 0.15) is 31.2 Å². The highest BCUT2D eigenvalue weighted by Gasteiger charge is 2.13. The summed E-state index contributed by atoms with van der Waals surface area (Å²) in [6.45, 7) is 1.51. The highest BCUT2D eigenvalue weighted by atomic mass is 16.5. The van der Waals surface area contributed by atoms with E-state index in [0.717, 1.165) is 31.4 Å². The molecule has 1 fully saturated rings. The quantitative estimate of drug-likeness (QED) is 0.640. The molecule has 4 heteroatoms. The molecule has 2 rings (SSSR count). The number of nitrogens with two attached hydrogens (primary N) is 1. The molecule has 4 nitrogen and oxygen atoms in total. The second-order valence-corrected chi connectivity index (χ2v) is 5.07. The van der Waals surface area contributed by atoms with E-state index in [2.05, 4.69) is 5.32 Å². The predicted octanol–water partition coefficient (Wildman–Crippen LogP) is 2.36. The fraction of sp³-hybridized carbons (Fsp3) is 0.438. The Morgan fingerprint density at radius 3 is 3.10 bits per heavy atom. The van der Waals surface area contributed by atoms with E-state index in [1.54, 1.807) is 6.08 Å². The molecule has 0 saturated carbocycles. The van der Waals surface area contributed by atoms with Crippen LogP contribution in [0, 0.1) is 0 Å². The van der Waals surface area contributed by atoms with E-state index in [1.165, 1.54) is 12.5 Å². The van der Waals surface area contributed by atoms with Gasteiger partial charge < -0.3 is 15.8 Å². The average Bonchev–Trinajstić information content (AvgIpc) is 2.46. The number of ether oxygens (including phenoxy) is 1. The number of rotatable bonds is 5. The van der Waals surface area contributed by atoms with Crippen LogP contribution in [0.4, 0.5) is 5.69 Å². The Bertz CT molecular complexity index is 465. The molecule has 0 aliphatic carbocycles. The Balaban J connectivity index is 1.69. The molecule has 1 aliphatic heterocycles. The molecule has 0 aromatic heterocycles. The van der Waals surface area contributed by atoms with E-state index in [0.29, 0.717) is 18.3 Å². The minimum atomic E-state index is -0.0803. The molecule has 1 atom stereocenters. The van der Waals surface area contributed by atoms with Gasteiger partial charge in [0, 0.05) is 24.9 Å². The standard InChI is InChI=1S/C16H22N2O2/c17-14-5-3-4-13(12-14)7-8-16(19)18-10-9-15-6-1-2-11-20-15/h3-5,7-8,12,15H,1-2,6,9-11,17H2,(H,18,19)/b8-7+. The first-order valence-corrected chi connectivity index (χ1v) is 7.17. The smallest absolute Gasteiger partial charge is 0.244 e. The van der Waals surface area contributed by atoms with Crippen LogP contribution in [-0.2, 0) is 9.53 Å². The van der Waals surface area contributed by atoms with Crippen LogP contribution in [0.2, 0.25) is 0 Å². The molecule has 3 N–H and O–H groups in total. The van der Waals surface area contributed by atoms with Crippen LogP contribution in [-0.4, -0.2) is 25.2 Å². The molecular formula is C16H22N2O2. The number of nitrogen functional groups attached to an aromatic ring is 1. The minimum Gasteiger partial charge on any atom is -0.399 e. The summed E-state index contributed by atoms with van der Waals surface area (Å²) in [5, 5.41) is 2.88. The Morgan fingerprint density at radius 2 is 2.35 bits per heavy atom. The van der Waals surface area contributed by atoms with E-state index >= 15 is 0 Å². The molecule has 20 heavy (non-hydrogen) atoms. The lowest BCUT2D eigenvalue weighted by atomic mass is 10.1. The summed E-state index contributed by atoms with van der Waals surface area (Å²) in [7, 11) is 0. The van der Waals surface area contributed by atoms with Crippen LogP contribution < -0.4 is 11.1 Å². The molecule has 108 valence electrons. The van der Waals surface area contributed by atoms with Crippen molar-refractivity contribution < 1.29 is 9.53 Å². The SMILES string of the molecule is Nc1cccc(/C=C/C(=O)NCCC2CCCCO2)c1. The van der Waals surface area contributed by atoms with Crippen LogP contribution in [0.25, 0.3) is 6.08 Å². The van der Waals surface area contributed by atoms with Crippen molar-refractivity contribution in [3.63, 3.8) is 0 Å². The topological polar surface area (TPSA) is 64.4 Å². The minimum absolute atomic E-state index is 0.0803. The molecular weight excluding hydrogens is 252 g/mol. The first-order chi connectivity index (χ1) is 9.74. The largest absolute Gasteiger partial charge is 0.399 e. The van der Waals surface area contributed by atoms with E-state index < -0.39 is 0 Å². The molecule has 1 aliphatic rings. The van der Waals surface area contributed by atoms with Gasteiger partial charge in [0.05, 0.1) is 6.10 Å². The fourth-order valence-corrected chi connectivity index (χ4v) is 2.28. The van der Waals surface area contributed by atoms with Gasteiger partial charge in [0.1, 0.15) is 0 Å². The highest BCUT2D eigenvalue weighted by Crippen LogP contribution is 2.14. The molecule has 1 saturated heterocycles. The molecule has 1 aromatic carbocycles. The second kappa shape index (κ2) is 7.70. The Morgan fingerprint density at radius 1 is 1.45 bits per heavy atom. The zero-order chi connectivity index (χ0) is 14.2. The van der Waals surface area contributed by atoms with Crippen molar-refractivity contribution in [2.75, 3.05) is 18.9 Å². The number of hydrogen-bond donors (Lipinski definition) is 2. The third kappa shape index (κ3) is 5.05. The maximum absolute atomic E-state index is 11.7. The molecule has 1 heterocycles. The molecule has 0 spiro atoms. The normalized spacial score (nSPS) is 19.1. The molecule has 0 radical (unpaired) electrons. The van der Waals surface area contributed by atoms with Crippen LogP contribution in [0.15, 0.2) is 30.3 Å². The highest BCUT2D eigenvalue weighted by molar-refractivity contribution is 5.91. The molecule has 1 amide bonds. The van der Waals surface area contributed by atoms with Crippen molar-refractivity contribution in [3.8, 4) is 0 Å². The van der Waals surface area contributed by atoms with Crippen molar-refractivity contribution in [3.05, 3.63) is 35.9 Å². The van der Waals surface area contributed by atoms with Gasteiger partial charge in [-0.15, -0.1) is 0 Å². The van der Waals surface area contributed by atoms with Gasteiger partial charge in [-0.1, -0.05) is 12.1 Å². The Labute approximate surface area is 120 Å². The number of carbonyl (C=O) groups is 1. The van der Waals surface area contributed by atoms with Crippen molar-refractivity contribution in [2.24, 2.45) is 0 Å². The van der Waals surface area contributed by atoms with Crippen molar-refractivity contribution in [1.82, 2.24) is 5.32 Å². The van der Waals surface area contributed by atoms with Gasteiger partial charge in [-0.05, 0) is 49.5 Å². The number of anilines is 1. The van der Waals surface area contributed by atoms with Gasteiger partial charge in [0.15, 0.2) is 0 Å². The monoisotopic (exact) mass is 274 g/mol. The van der Waals surface area contributed by atoms with Crippen molar-refractivity contribution in [1.29, 1.82) is 0 Å². The second-order valence-electron chi connectivity index (χ2n) is 5.07. The Hall–Kier alpha value is -1.81. The van der Waals surface area contributed by atoms with Crippen LogP contribution in [0.3, 0.4) is 0 Å². The summed E-state index contributed by atoms with van der Waals surface area (Å²) in [4.78, 5) is 11.7. The van der Waals surface area contributed by atoms with E-state index in [1.807, 2.05) is 24.3 Å². The maximum atomic E-state index is 11.7. The van der Waals surface area contributed by atoms with Crippen LogP contribution in [0.5, 0.6) is 0 Å². The summed E-state index contributed by atoms with van der Waals surface area (Å²) < 4.78 is 5.62. The van der Waals surface area contributed by atoms with Crippen LogP contribution >= 0.6 is 0 Å². The molecule has 0 bridgehead atoms. The van der Waals surface area contributed by atoms with Crippen molar-refractivity contribution >= 4 is 17.7 Å². The predicted molar refractivity (Wildman–Crippen MR) is 81.1 cm³/mol. The number of carbonyl (C=O) groups excluding carboxylic acids is 1. The zero-order valence-corrected chi connectivity index (χ0v) is 11.7. The fourth-order valence-electron chi connectivity index (χ4n) is 2.28. The Kier molecular flexibility index (Phi) is 5.62. The first kappa shape index (κ1) is 14.6. The molecule has 1 aromatic rings. The lowest BCUT2D eigenvalue weighted by Crippen LogP contribution is -2.28. The van der Waals surface area contributed by atoms with E-state index in [-0.39, 0.29) is 5.91 Å². The number of benzene rings is 1. The van der Waals surface area contributed by atoms with Gasteiger partial charge in [-0.25, -0.2) is 0 Å². The maximum Gasteiger partial charge on any atom is 0.244 e. The summed E-state index contributed by atoms with van der Waals surface area (Å²) in [6, 6.07) is 7.44. The zero-order valence-electron chi connectivity index (χ0n) is 11.7. The van der Waals surface area contributed by atoms with E-state index in [9.17, 15) is 4.79 Å². The number of hydrogen-bond acceptors (Lipinski definition) is 3.